The molecule has 10 heteroatoms. The van der Waals surface area contributed by atoms with Gasteiger partial charge >= 0.3 is 0 Å². The van der Waals surface area contributed by atoms with Gasteiger partial charge in [0.25, 0.3) is 11.8 Å². The van der Waals surface area contributed by atoms with Crippen LogP contribution in [0.3, 0.4) is 0 Å². The second-order valence-electron chi connectivity index (χ2n) is 8.84. The van der Waals surface area contributed by atoms with Crippen LogP contribution in [-0.4, -0.2) is 61.2 Å². The molecule has 1 aliphatic rings. The molecule has 0 radical (unpaired) electrons. The lowest BCUT2D eigenvalue weighted by molar-refractivity contribution is 0.0646. The van der Waals surface area contributed by atoms with Gasteiger partial charge in [-0.15, -0.1) is 0 Å². The van der Waals surface area contributed by atoms with E-state index in [1.807, 2.05) is 30.3 Å². The van der Waals surface area contributed by atoms with Crippen LogP contribution in [0.4, 0.5) is 11.6 Å². The second kappa shape index (κ2) is 11.7. The fraction of sp³-hybridized carbons (Fsp3) is 0.200. The van der Waals surface area contributed by atoms with Crippen LogP contribution in [0.15, 0.2) is 72.9 Å². The van der Waals surface area contributed by atoms with Crippen molar-refractivity contribution in [1.82, 2.24) is 14.9 Å². The van der Waals surface area contributed by atoms with Gasteiger partial charge in [-0.1, -0.05) is 12.1 Å². The number of carbonyl (C=O) groups excluding carboxylic acids is 2. The predicted octanol–water partition coefficient (Wildman–Crippen LogP) is 4.98. The smallest absolute Gasteiger partial charge is 0.261 e. The molecule has 0 unspecified atom stereocenters. The maximum absolute atomic E-state index is 12.5. The van der Waals surface area contributed by atoms with E-state index in [2.05, 4.69) is 15.3 Å². The van der Waals surface area contributed by atoms with Crippen molar-refractivity contribution in [3.8, 4) is 34.3 Å². The first-order valence-corrected chi connectivity index (χ1v) is 12.6. The summed E-state index contributed by atoms with van der Waals surface area (Å²) in [6.45, 7) is 0.663. The van der Waals surface area contributed by atoms with Crippen molar-refractivity contribution in [3.63, 3.8) is 0 Å². The Bertz CT molecular complexity index is 1480. The van der Waals surface area contributed by atoms with Crippen molar-refractivity contribution < 1.29 is 28.5 Å². The number of imide groups is 1. The maximum atomic E-state index is 12.5. The van der Waals surface area contributed by atoms with Crippen LogP contribution in [0.25, 0.3) is 11.3 Å². The van der Waals surface area contributed by atoms with E-state index in [1.165, 1.54) is 4.90 Å². The molecule has 5 rings (SSSR count). The summed E-state index contributed by atoms with van der Waals surface area (Å²) in [5.74, 6) is 2.09. The minimum absolute atomic E-state index is 0.256. The highest BCUT2D eigenvalue weighted by molar-refractivity contribution is 6.21. The molecular formula is C30H28N4O6. The van der Waals surface area contributed by atoms with Gasteiger partial charge in [-0.25, -0.2) is 9.97 Å². The molecule has 0 aliphatic carbocycles. The molecule has 1 N–H and O–H groups in total. The van der Waals surface area contributed by atoms with Gasteiger partial charge in [0.05, 0.1) is 44.8 Å². The summed E-state index contributed by atoms with van der Waals surface area (Å²) < 4.78 is 22.0. The highest BCUT2D eigenvalue weighted by Crippen LogP contribution is 2.40. The summed E-state index contributed by atoms with van der Waals surface area (Å²) in [7, 11) is 4.66. The number of amides is 2. The Labute approximate surface area is 231 Å². The van der Waals surface area contributed by atoms with Crippen molar-refractivity contribution in [2.24, 2.45) is 0 Å². The summed E-state index contributed by atoms with van der Waals surface area (Å²) in [5.41, 5.74) is 3.19. The van der Waals surface area contributed by atoms with E-state index in [0.29, 0.717) is 65.3 Å². The van der Waals surface area contributed by atoms with Crippen molar-refractivity contribution in [2.45, 2.75) is 6.42 Å². The summed E-state index contributed by atoms with van der Waals surface area (Å²) >= 11 is 0. The molecule has 2 amide bonds. The van der Waals surface area contributed by atoms with Gasteiger partial charge in [-0.2, -0.15) is 0 Å². The Kier molecular flexibility index (Phi) is 7.77. The summed E-state index contributed by atoms with van der Waals surface area (Å²) in [6, 6.07) is 19.8. The first kappa shape index (κ1) is 26.5. The third-order valence-corrected chi connectivity index (χ3v) is 6.40. The number of aromatic nitrogens is 2. The number of ether oxygens (including phenoxy) is 4. The number of nitrogens with zero attached hydrogens (tertiary/aromatic N) is 3. The Morgan fingerprint density at radius 3 is 2.08 bits per heavy atom. The average Bonchev–Trinajstić information content (AvgIpc) is 3.24. The molecular weight excluding hydrogens is 512 g/mol. The second-order valence-corrected chi connectivity index (χ2v) is 8.84. The number of anilines is 2. The summed E-state index contributed by atoms with van der Waals surface area (Å²) in [5, 5.41) is 3.18. The number of rotatable bonds is 11. The van der Waals surface area contributed by atoms with Crippen LogP contribution in [0.1, 0.15) is 27.1 Å². The van der Waals surface area contributed by atoms with Crippen LogP contribution in [0.5, 0.6) is 23.0 Å². The van der Waals surface area contributed by atoms with Crippen LogP contribution in [-0.2, 0) is 0 Å². The summed E-state index contributed by atoms with van der Waals surface area (Å²) in [4.78, 5) is 35.2. The molecule has 0 atom stereocenters. The largest absolute Gasteiger partial charge is 0.494 e. The van der Waals surface area contributed by atoms with Crippen molar-refractivity contribution in [2.75, 3.05) is 39.8 Å². The molecule has 2 heterocycles. The normalized spacial score (nSPS) is 12.2. The molecule has 0 fully saturated rings. The highest BCUT2D eigenvalue weighted by atomic mass is 16.5. The molecule has 10 nitrogen and oxygen atoms in total. The quantitative estimate of drug-likeness (QED) is 0.208. The summed E-state index contributed by atoms with van der Waals surface area (Å²) in [6.07, 6.45) is 2.20. The fourth-order valence-electron chi connectivity index (χ4n) is 4.44. The number of benzene rings is 3. The van der Waals surface area contributed by atoms with Crippen LogP contribution >= 0.6 is 0 Å². The van der Waals surface area contributed by atoms with E-state index in [0.717, 1.165) is 11.3 Å². The molecule has 4 aromatic rings. The number of methoxy groups -OCH3 is 3. The van der Waals surface area contributed by atoms with E-state index in [4.69, 9.17) is 18.9 Å². The zero-order valence-corrected chi connectivity index (χ0v) is 22.3. The zero-order valence-electron chi connectivity index (χ0n) is 22.3. The number of hydrogen-bond donors (Lipinski definition) is 1. The lowest BCUT2D eigenvalue weighted by Crippen LogP contribution is -2.31. The molecule has 0 saturated carbocycles. The van der Waals surface area contributed by atoms with E-state index >= 15 is 0 Å². The van der Waals surface area contributed by atoms with Gasteiger partial charge in [0.2, 0.25) is 11.7 Å². The molecule has 0 spiro atoms. The lowest BCUT2D eigenvalue weighted by atomic mass is 10.1. The van der Waals surface area contributed by atoms with Crippen molar-refractivity contribution in [3.05, 3.63) is 84.1 Å². The first-order chi connectivity index (χ1) is 19.5. The molecule has 1 aromatic heterocycles. The third-order valence-electron chi connectivity index (χ3n) is 6.40. The Morgan fingerprint density at radius 2 is 1.48 bits per heavy atom. The highest BCUT2D eigenvalue weighted by Gasteiger charge is 2.34. The number of carbonyl (C=O) groups is 2. The number of fused-ring (bicyclic) bond motifs is 1. The first-order valence-electron chi connectivity index (χ1n) is 12.6. The van der Waals surface area contributed by atoms with Crippen molar-refractivity contribution in [1.29, 1.82) is 0 Å². The maximum Gasteiger partial charge on any atom is 0.261 e. The number of hydrogen-bond acceptors (Lipinski definition) is 9. The van der Waals surface area contributed by atoms with Gasteiger partial charge in [0, 0.05) is 36.1 Å². The molecule has 0 bridgehead atoms. The Hall–Kier alpha value is -5.12. The monoisotopic (exact) mass is 540 g/mol. The standard InChI is InChI=1S/C30H28N4O6/c1-37-25-17-20(18-26(38-2)27(25)39-3)32-30-31-14-13-24(33-30)19-9-11-21(12-10-19)40-16-6-15-34-28(35)22-7-4-5-8-23(22)29(34)36/h4-5,7-14,17-18H,6,15-16H2,1-3H3,(H,31,32,33). The lowest BCUT2D eigenvalue weighted by Gasteiger charge is -2.15. The number of nitrogens with one attached hydrogen (secondary N) is 1. The molecule has 3 aromatic carbocycles. The molecule has 1 aliphatic heterocycles. The minimum atomic E-state index is -0.256. The molecule has 0 saturated heterocycles. The van der Waals surface area contributed by atoms with Gasteiger partial charge in [-0.3, -0.25) is 14.5 Å². The third kappa shape index (κ3) is 5.37. The molecule has 204 valence electrons. The van der Waals surface area contributed by atoms with Crippen LogP contribution < -0.4 is 24.3 Å². The zero-order chi connectivity index (χ0) is 28.1. The van der Waals surface area contributed by atoms with Gasteiger partial charge < -0.3 is 24.3 Å². The average molecular weight is 541 g/mol. The Balaban J connectivity index is 1.18. The topological polar surface area (TPSA) is 112 Å². The van der Waals surface area contributed by atoms with Gasteiger partial charge in [-0.05, 0) is 48.9 Å². The van der Waals surface area contributed by atoms with E-state index in [1.54, 1.807) is 63.9 Å². The van der Waals surface area contributed by atoms with Crippen LogP contribution in [0, 0.1) is 0 Å². The van der Waals surface area contributed by atoms with E-state index < -0.39 is 0 Å². The fourth-order valence-corrected chi connectivity index (χ4v) is 4.44. The Morgan fingerprint density at radius 1 is 0.825 bits per heavy atom. The van der Waals surface area contributed by atoms with Gasteiger partial charge in [0.15, 0.2) is 11.5 Å². The van der Waals surface area contributed by atoms with Crippen molar-refractivity contribution >= 4 is 23.5 Å². The van der Waals surface area contributed by atoms with Gasteiger partial charge in [0.1, 0.15) is 5.75 Å². The predicted molar refractivity (Wildman–Crippen MR) is 149 cm³/mol. The van der Waals surface area contributed by atoms with E-state index in [-0.39, 0.29) is 11.8 Å². The molecule has 40 heavy (non-hydrogen) atoms. The SMILES string of the molecule is COc1cc(Nc2nccc(-c3ccc(OCCCN4C(=O)c5ccccc5C4=O)cc3)n2)cc(OC)c1OC. The van der Waals surface area contributed by atoms with E-state index in [9.17, 15) is 9.59 Å². The van der Waals surface area contributed by atoms with Crippen LogP contribution in [0.2, 0.25) is 0 Å². The minimum Gasteiger partial charge on any atom is -0.494 e.